The average Bonchev–Trinajstić information content (AvgIpc) is 3.86. The maximum Gasteiger partial charge on any atom is 0.280 e. The Morgan fingerprint density at radius 3 is 2.17 bits per heavy atom. The normalized spacial score (nSPS) is 17.5. The Morgan fingerprint density at radius 1 is 0.966 bits per heavy atom. The summed E-state index contributed by atoms with van der Waals surface area (Å²) in [5.41, 5.74) is 1.76. The molecule has 1 aliphatic heterocycles. The second-order valence-electron chi connectivity index (χ2n) is 14.9. The molecule has 1 saturated heterocycles. The largest absolute Gasteiger partial charge is 0.497 e. The van der Waals surface area contributed by atoms with E-state index in [1.807, 2.05) is 66.7 Å². The van der Waals surface area contributed by atoms with E-state index in [1.165, 1.54) is 0 Å². The van der Waals surface area contributed by atoms with Crippen molar-refractivity contribution in [3.63, 3.8) is 0 Å². The van der Waals surface area contributed by atoms with Crippen molar-refractivity contribution in [2.24, 2.45) is 0 Å². The number of aromatic nitrogens is 4. The molecule has 2 N–H and O–H groups in total. The number of nitrogens with zero attached hydrogens (tertiary/aromatic N) is 5. The SMILES string of the molecule is [C-]#[N+]CCOP(OC[C@H]1O[C@@H](n2cnc3c(=O)[nH]c(NCCCC)nc32)CC1OC(c1ccccc1)(c1ccc(OC)cc1)c1ccc(OC)cc1)N(C(C)C)C(C)C. The van der Waals surface area contributed by atoms with Crippen molar-refractivity contribution in [1.82, 2.24) is 24.2 Å². The van der Waals surface area contributed by atoms with Gasteiger partial charge in [-0.25, -0.2) is 16.2 Å². The fourth-order valence-corrected chi connectivity index (χ4v) is 9.06. The van der Waals surface area contributed by atoms with Gasteiger partial charge in [0, 0.05) is 25.0 Å². The average molecular weight is 826 g/mol. The number of hydrogen-bond donors (Lipinski definition) is 2. The van der Waals surface area contributed by atoms with Crippen LogP contribution in [-0.2, 0) is 24.1 Å². The van der Waals surface area contributed by atoms with Crippen LogP contribution in [0, 0.1) is 6.57 Å². The van der Waals surface area contributed by atoms with Gasteiger partial charge in [-0.3, -0.25) is 14.3 Å². The van der Waals surface area contributed by atoms with Crippen molar-refractivity contribution in [2.45, 2.75) is 90.0 Å². The number of anilines is 1. The van der Waals surface area contributed by atoms with E-state index in [4.69, 9.17) is 39.6 Å². The van der Waals surface area contributed by atoms with E-state index in [1.54, 1.807) is 25.1 Å². The molecule has 3 aromatic carbocycles. The molecule has 6 rings (SSSR count). The third kappa shape index (κ3) is 9.95. The number of rotatable bonds is 21. The number of methoxy groups -OCH3 is 2. The van der Waals surface area contributed by atoms with E-state index in [0.717, 1.165) is 29.5 Å². The van der Waals surface area contributed by atoms with Crippen LogP contribution in [0.25, 0.3) is 16.0 Å². The lowest BCUT2D eigenvalue weighted by Gasteiger charge is -2.39. The molecule has 0 amide bonds. The molecule has 0 saturated carbocycles. The predicted octanol–water partition coefficient (Wildman–Crippen LogP) is 8.31. The van der Waals surface area contributed by atoms with E-state index in [2.05, 4.69) is 71.6 Å². The van der Waals surface area contributed by atoms with E-state index < -0.39 is 32.6 Å². The third-order valence-electron chi connectivity index (χ3n) is 10.2. The highest BCUT2D eigenvalue weighted by atomic mass is 31.2. The molecular formula is C44H56N7O7P. The number of imidazole rings is 1. The summed E-state index contributed by atoms with van der Waals surface area (Å²) in [6.07, 6.45) is 2.04. The second-order valence-corrected chi connectivity index (χ2v) is 16.3. The van der Waals surface area contributed by atoms with Crippen LogP contribution in [0.1, 0.15) is 76.8 Å². The Morgan fingerprint density at radius 2 is 1.59 bits per heavy atom. The van der Waals surface area contributed by atoms with Gasteiger partial charge in [0.2, 0.25) is 12.5 Å². The summed E-state index contributed by atoms with van der Waals surface area (Å²) in [6, 6.07) is 26.1. The minimum absolute atomic E-state index is 0.107. The quantitative estimate of drug-likeness (QED) is 0.0320. The highest BCUT2D eigenvalue weighted by Crippen LogP contribution is 2.49. The number of aromatic amines is 1. The van der Waals surface area contributed by atoms with Gasteiger partial charge >= 0.3 is 0 Å². The van der Waals surface area contributed by atoms with Gasteiger partial charge in [-0.05, 0) is 75.1 Å². The molecule has 4 atom stereocenters. The summed E-state index contributed by atoms with van der Waals surface area (Å²) in [5, 5.41) is 3.24. The van der Waals surface area contributed by atoms with E-state index in [-0.39, 0.29) is 42.9 Å². The molecule has 2 aromatic heterocycles. The van der Waals surface area contributed by atoms with E-state index in [9.17, 15) is 4.79 Å². The summed E-state index contributed by atoms with van der Waals surface area (Å²) >= 11 is 0. The van der Waals surface area contributed by atoms with E-state index in [0.29, 0.717) is 36.1 Å². The van der Waals surface area contributed by atoms with Crippen molar-refractivity contribution in [3.8, 4) is 11.5 Å². The monoisotopic (exact) mass is 825 g/mol. The van der Waals surface area contributed by atoms with Crippen LogP contribution in [0.5, 0.6) is 11.5 Å². The van der Waals surface area contributed by atoms with Crippen LogP contribution in [0.4, 0.5) is 5.95 Å². The Kier molecular flexibility index (Phi) is 15.1. The number of fused-ring (bicyclic) bond motifs is 1. The van der Waals surface area contributed by atoms with Gasteiger partial charge in [-0.1, -0.05) is 67.9 Å². The minimum atomic E-state index is -1.59. The van der Waals surface area contributed by atoms with E-state index >= 15 is 0 Å². The fraction of sp³-hybridized carbons (Fsp3) is 0.455. The standard InChI is InChI=1S/C44H56N7O7P/c1-9-10-24-46-43-48-41-40(42(52)49-43)47-29-50(41)39-27-37(38(57-39)28-56-59(55-26-25-45-6)51(30(2)3)31(4)5)58-44(32-14-12-11-13-15-32,33-16-20-35(53-7)21-17-33)34-18-22-36(54-8)23-19-34/h11-23,29-31,37-39H,9-10,24-28H2,1-5,7-8H3,(H2,46,48,49,52)/t37?,38-,39-,59?/m1/s1. The molecule has 314 valence electrons. The molecule has 5 aromatic rings. The number of H-pyrrole nitrogens is 1. The van der Waals surface area contributed by atoms with Crippen molar-refractivity contribution < 1.29 is 28.0 Å². The molecule has 14 nitrogen and oxygen atoms in total. The molecular weight excluding hydrogens is 769 g/mol. The maximum atomic E-state index is 13.2. The minimum Gasteiger partial charge on any atom is -0.497 e. The second kappa shape index (κ2) is 20.4. The Balaban J connectivity index is 1.47. The first-order valence-corrected chi connectivity index (χ1v) is 21.3. The lowest BCUT2D eigenvalue weighted by molar-refractivity contribution is -0.0968. The molecule has 2 unspecified atom stereocenters. The molecule has 0 aliphatic carbocycles. The summed E-state index contributed by atoms with van der Waals surface area (Å²) in [4.78, 5) is 28.9. The zero-order chi connectivity index (χ0) is 41.9. The molecule has 1 aliphatic rings. The van der Waals surface area contributed by atoms with Crippen molar-refractivity contribution in [2.75, 3.05) is 45.8 Å². The van der Waals surface area contributed by atoms with Gasteiger partial charge in [-0.2, -0.15) is 4.98 Å². The topological polar surface area (TPSA) is 139 Å². The van der Waals surface area contributed by atoms with Crippen LogP contribution in [0.15, 0.2) is 90.0 Å². The molecule has 1 fully saturated rings. The lowest BCUT2D eigenvalue weighted by Crippen LogP contribution is -2.41. The first kappa shape index (κ1) is 43.7. The Hall–Kier alpha value is -4.87. The maximum absolute atomic E-state index is 13.2. The fourth-order valence-electron chi connectivity index (χ4n) is 7.45. The van der Waals surface area contributed by atoms with Crippen molar-refractivity contribution >= 4 is 25.6 Å². The molecule has 0 radical (unpaired) electrons. The van der Waals surface area contributed by atoms with Gasteiger partial charge in [0.1, 0.15) is 36.0 Å². The highest BCUT2D eigenvalue weighted by molar-refractivity contribution is 7.44. The highest BCUT2D eigenvalue weighted by Gasteiger charge is 2.47. The summed E-state index contributed by atoms with van der Waals surface area (Å²) in [7, 11) is 1.70. The van der Waals surface area contributed by atoms with Gasteiger partial charge in [0.15, 0.2) is 11.2 Å². The molecule has 0 spiro atoms. The van der Waals surface area contributed by atoms with Crippen LogP contribution in [-0.4, -0.2) is 89.0 Å². The zero-order valence-electron chi connectivity index (χ0n) is 35.0. The predicted molar refractivity (Wildman–Crippen MR) is 230 cm³/mol. The van der Waals surface area contributed by atoms with Crippen LogP contribution < -0.4 is 20.3 Å². The van der Waals surface area contributed by atoms with Crippen LogP contribution in [0.2, 0.25) is 0 Å². The first-order valence-electron chi connectivity index (χ1n) is 20.2. The Bertz CT molecular complexity index is 2120. The first-order chi connectivity index (χ1) is 28.6. The summed E-state index contributed by atoms with van der Waals surface area (Å²) < 4.78 is 42.8. The number of unbranched alkanes of at least 4 members (excludes halogenated alkanes) is 1. The van der Waals surface area contributed by atoms with Crippen LogP contribution >= 0.6 is 8.53 Å². The zero-order valence-corrected chi connectivity index (χ0v) is 35.9. The van der Waals surface area contributed by atoms with Gasteiger partial charge in [0.25, 0.3) is 14.1 Å². The summed E-state index contributed by atoms with van der Waals surface area (Å²) in [5.74, 6) is 1.80. The van der Waals surface area contributed by atoms with Crippen LogP contribution in [0.3, 0.4) is 0 Å². The smallest absolute Gasteiger partial charge is 0.280 e. The molecule has 3 heterocycles. The van der Waals surface area contributed by atoms with Crippen molar-refractivity contribution in [3.05, 3.63) is 124 Å². The molecule has 0 bridgehead atoms. The van der Waals surface area contributed by atoms with Gasteiger partial charge in [0.05, 0.1) is 33.3 Å². The number of hydrogen-bond acceptors (Lipinski definition) is 11. The number of ether oxygens (including phenoxy) is 4. The van der Waals surface area contributed by atoms with Gasteiger partial charge in [-0.15, -0.1) is 0 Å². The van der Waals surface area contributed by atoms with Crippen molar-refractivity contribution in [1.29, 1.82) is 0 Å². The third-order valence-corrected chi connectivity index (χ3v) is 12.3. The Labute approximate surface area is 348 Å². The number of benzene rings is 3. The molecule has 15 heteroatoms. The summed E-state index contributed by atoms with van der Waals surface area (Å²) in [6.45, 7) is 19.1. The lowest BCUT2D eigenvalue weighted by atomic mass is 9.79. The molecule has 59 heavy (non-hydrogen) atoms. The number of nitrogens with one attached hydrogen (secondary N) is 2. The van der Waals surface area contributed by atoms with Gasteiger partial charge < -0.3 is 38.2 Å².